The second-order valence-electron chi connectivity index (χ2n) is 5.42. The van der Waals surface area contributed by atoms with E-state index in [-0.39, 0.29) is 5.91 Å². The van der Waals surface area contributed by atoms with Crippen LogP contribution in [0.5, 0.6) is 0 Å². The summed E-state index contributed by atoms with van der Waals surface area (Å²) in [7, 11) is 0. The van der Waals surface area contributed by atoms with Crippen molar-refractivity contribution in [2.75, 3.05) is 13.1 Å². The topological polar surface area (TPSA) is 72.3 Å². The molecule has 1 aliphatic rings. The number of carbonyl (C=O) groups excluding carboxylic acids is 1. The molecule has 2 rings (SSSR count). The molecule has 0 bridgehead atoms. The zero-order chi connectivity index (χ0) is 13.8. The van der Waals surface area contributed by atoms with Crippen LogP contribution in [-0.4, -0.2) is 29.9 Å². The van der Waals surface area contributed by atoms with Crippen molar-refractivity contribution in [3.05, 3.63) is 35.4 Å². The van der Waals surface area contributed by atoms with Gasteiger partial charge in [-0.1, -0.05) is 25.5 Å². The molecule has 1 aromatic carbocycles. The van der Waals surface area contributed by atoms with E-state index in [4.69, 9.17) is 11.5 Å². The highest BCUT2D eigenvalue weighted by molar-refractivity contribution is 5.92. The Balaban J connectivity index is 2.01. The van der Waals surface area contributed by atoms with Gasteiger partial charge < -0.3 is 11.5 Å². The monoisotopic (exact) mass is 261 g/mol. The van der Waals surface area contributed by atoms with Gasteiger partial charge in [0.15, 0.2) is 0 Å². The molecule has 1 saturated heterocycles. The minimum absolute atomic E-state index is 0.332. The smallest absolute Gasteiger partial charge is 0.248 e. The van der Waals surface area contributed by atoms with E-state index in [2.05, 4.69) is 11.8 Å². The first-order chi connectivity index (χ1) is 9.10. The molecule has 0 spiro atoms. The number of likely N-dealkylation sites (tertiary alicyclic amines) is 1. The number of piperidine rings is 1. The van der Waals surface area contributed by atoms with Crippen LogP contribution < -0.4 is 11.5 Å². The van der Waals surface area contributed by atoms with E-state index in [1.54, 1.807) is 6.07 Å². The number of primary amides is 1. The van der Waals surface area contributed by atoms with Crippen molar-refractivity contribution >= 4 is 5.91 Å². The molecular weight excluding hydrogens is 238 g/mol. The van der Waals surface area contributed by atoms with Crippen LogP contribution in [0.15, 0.2) is 24.3 Å². The summed E-state index contributed by atoms with van der Waals surface area (Å²) in [5.74, 6) is 0.210. The highest BCUT2D eigenvalue weighted by Gasteiger charge is 2.25. The number of hydrogen-bond donors (Lipinski definition) is 2. The van der Waals surface area contributed by atoms with Gasteiger partial charge in [-0.05, 0) is 36.6 Å². The minimum Gasteiger partial charge on any atom is -0.366 e. The van der Waals surface area contributed by atoms with E-state index in [9.17, 15) is 4.79 Å². The van der Waals surface area contributed by atoms with Crippen molar-refractivity contribution in [3.8, 4) is 0 Å². The summed E-state index contributed by atoms with van der Waals surface area (Å²) >= 11 is 0. The molecule has 4 nitrogen and oxygen atoms in total. The highest BCUT2D eigenvalue weighted by Crippen LogP contribution is 2.20. The molecule has 0 aromatic heterocycles. The molecule has 104 valence electrons. The Bertz CT molecular complexity index is 447. The minimum atomic E-state index is -0.367. The first kappa shape index (κ1) is 14.0. The van der Waals surface area contributed by atoms with Crippen LogP contribution in [0.25, 0.3) is 0 Å². The number of nitrogens with zero attached hydrogens (tertiary/aromatic N) is 1. The molecule has 0 saturated carbocycles. The summed E-state index contributed by atoms with van der Waals surface area (Å²) in [5.41, 5.74) is 13.2. The third-order valence-corrected chi connectivity index (χ3v) is 4.02. The summed E-state index contributed by atoms with van der Waals surface area (Å²) in [6, 6.07) is 7.91. The average Bonchev–Trinajstić information content (AvgIpc) is 2.41. The molecule has 1 heterocycles. The van der Waals surface area contributed by atoms with E-state index < -0.39 is 0 Å². The van der Waals surface area contributed by atoms with Gasteiger partial charge in [-0.15, -0.1) is 0 Å². The summed E-state index contributed by atoms with van der Waals surface area (Å²) in [6.45, 7) is 5.13. The van der Waals surface area contributed by atoms with Crippen molar-refractivity contribution in [1.29, 1.82) is 0 Å². The predicted molar refractivity (Wildman–Crippen MR) is 76.6 cm³/mol. The molecule has 0 aliphatic carbocycles. The van der Waals surface area contributed by atoms with Crippen LogP contribution >= 0.6 is 0 Å². The number of hydrogen-bond acceptors (Lipinski definition) is 3. The predicted octanol–water partition coefficient (Wildman–Crippen LogP) is 1.34. The van der Waals surface area contributed by atoms with E-state index in [1.807, 2.05) is 18.2 Å². The van der Waals surface area contributed by atoms with Crippen LogP contribution in [-0.2, 0) is 6.54 Å². The molecule has 4 heteroatoms. The molecule has 2 atom stereocenters. The SMILES string of the molecule is CCC1CN(Cc2cccc(C(N)=O)c2)CCC1N. The van der Waals surface area contributed by atoms with E-state index in [0.29, 0.717) is 17.5 Å². The molecular formula is C15H23N3O. The normalized spacial score (nSPS) is 24.3. The van der Waals surface area contributed by atoms with Gasteiger partial charge in [-0.25, -0.2) is 0 Å². The summed E-state index contributed by atoms with van der Waals surface area (Å²) in [5, 5.41) is 0. The lowest BCUT2D eigenvalue weighted by Crippen LogP contribution is -2.46. The number of nitrogens with two attached hydrogens (primary N) is 2. The fraction of sp³-hybridized carbons (Fsp3) is 0.533. The van der Waals surface area contributed by atoms with Gasteiger partial charge in [-0.2, -0.15) is 0 Å². The summed E-state index contributed by atoms with van der Waals surface area (Å²) in [4.78, 5) is 13.6. The van der Waals surface area contributed by atoms with Crippen LogP contribution in [0.3, 0.4) is 0 Å². The Morgan fingerprint density at radius 2 is 2.26 bits per heavy atom. The van der Waals surface area contributed by atoms with Gasteiger partial charge in [0.05, 0.1) is 0 Å². The van der Waals surface area contributed by atoms with Gasteiger partial charge in [0.1, 0.15) is 0 Å². The lowest BCUT2D eigenvalue weighted by atomic mass is 9.90. The summed E-state index contributed by atoms with van der Waals surface area (Å²) in [6.07, 6.45) is 2.17. The third kappa shape index (κ3) is 3.55. The molecule has 4 N–H and O–H groups in total. The second kappa shape index (κ2) is 6.17. The van der Waals surface area contributed by atoms with Crippen molar-refractivity contribution in [2.45, 2.75) is 32.4 Å². The molecule has 0 radical (unpaired) electrons. The Hall–Kier alpha value is -1.39. The fourth-order valence-electron chi connectivity index (χ4n) is 2.78. The van der Waals surface area contributed by atoms with E-state index in [1.165, 1.54) is 0 Å². The maximum atomic E-state index is 11.2. The number of carbonyl (C=O) groups is 1. The Morgan fingerprint density at radius 1 is 1.47 bits per heavy atom. The van der Waals surface area contributed by atoms with Crippen molar-refractivity contribution < 1.29 is 4.79 Å². The standard InChI is InChI=1S/C15H23N3O/c1-2-12-10-18(7-6-14(12)16)9-11-4-3-5-13(8-11)15(17)19/h3-5,8,12,14H,2,6-7,9-10,16H2,1H3,(H2,17,19). The third-order valence-electron chi connectivity index (χ3n) is 4.02. The largest absolute Gasteiger partial charge is 0.366 e. The maximum absolute atomic E-state index is 11.2. The molecule has 1 fully saturated rings. The first-order valence-electron chi connectivity index (χ1n) is 6.96. The van der Waals surface area contributed by atoms with Gasteiger partial charge in [0, 0.05) is 24.7 Å². The van der Waals surface area contributed by atoms with Gasteiger partial charge in [0.2, 0.25) is 5.91 Å². The van der Waals surface area contributed by atoms with E-state index in [0.717, 1.165) is 38.0 Å². The molecule has 1 aromatic rings. The number of rotatable bonds is 4. The molecule has 1 aliphatic heterocycles. The molecule has 19 heavy (non-hydrogen) atoms. The van der Waals surface area contributed by atoms with Crippen molar-refractivity contribution in [2.24, 2.45) is 17.4 Å². The van der Waals surface area contributed by atoms with Crippen LogP contribution in [0, 0.1) is 5.92 Å². The second-order valence-corrected chi connectivity index (χ2v) is 5.42. The zero-order valence-electron chi connectivity index (χ0n) is 11.5. The lowest BCUT2D eigenvalue weighted by molar-refractivity contribution is 0.1000. The first-order valence-corrected chi connectivity index (χ1v) is 6.96. The quantitative estimate of drug-likeness (QED) is 0.859. The highest BCUT2D eigenvalue weighted by atomic mass is 16.1. The zero-order valence-corrected chi connectivity index (χ0v) is 11.5. The Labute approximate surface area is 114 Å². The van der Waals surface area contributed by atoms with Gasteiger partial charge >= 0.3 is 0 Å². The number of benzene rings is 1. The maximum Gasteiger partial charge on any atom is 0.248 e. The van der Waals surface area contributed by atoms with Crippen molar-refractivity contribution in [1.82, 2.24) is 4.90 Å². The van der Waals surface area contributed by atoms with Crippen molar-refractivity contribution in [3.63, 3.8) is 0 Å². The average molecular weight is 261 g/mol. The van der Waals surface area contributed by atoms with Gasteiger partial charge in [0.25, 0.3) is 0 Å². The Morgan fingerprint density at radius 3 is 2.95 bits per heavy atom. The molecule has 2 unspecified atom stereocenters. The van der Waals surface area contributed by atoms with Crippen LogP contribution in [0.2, 0.25) is 0 Å². The number of amides is 1. The van der Waals surface area contributed by atoms with Crippen LogP contribution in [0.1, 0.15) is 35.7 Å². The Kier molecular flexibility index (Phi) is 4.56. The fourth-order valence-corrected chi connectivity index (χ4v) is 2.78. The van der Waals surface area contributed by atoms with Gasteiger partial charge in [-0.3, -0.25) is 9.69 Å². The lowest BCUT2D eigenvalue weighted by Gasteiger charge is -2.36. The van der Waals surface area contributed by atoms with Crippen LogP contribution in [0.4, 0.5) is 0 Å². The van der Waals surface area contributed by atoms with E-state index >= 15 is 0 Å². The summed E-state index contributed by atoms with van der Waals surface area (Å²) < 4.78 is 0. The molecule has 1 amide bonds.